The molecule has 0 saturated carbocycles. The Balaban J connectivity index is 2.34. The maximum Gasteiger partial charge on any atom is 0.308 e. The maximum atomic E-state index is 13.8. The minimum atomic E-state index is -1.03. The van der Waals surface area contributed by atoms with Gasteiger partial charge in [0, 0.05) is 19.7 Å². The average Bonchev–Trinajstić information content (AvgIpc) is 2.55. The normalized spacial score (nSPS) is 11.8. The van der Waals surface area contributed by atoms with E-state index in [-0.39, 0.29) is 17.9 Å². The fraction of sp³-hybridized carbons (Fsp3) is 0.250. The molecule has 24 heavy (non-hydrogen) atoms. The van der Waals surface area contributed by atoms with Crippen molar-refractivity contribution in [3.05, 3.63) is 58.3 Å². The van der Waals surface area contributed by atoms with Crippen molar-refractivity contribution in [2.75, 3.05) is 13.6 Å². The topological polar surface area (TPSA) is 92.5 Å². The summed E-state index contributed by atoms with van der Waals surface area (Å²) in [6.07, 6.45) is 0. The van der Waals surface area contributed by atoms with Crippen molar-refractivity contribution in [1.29, 1.82) is 0 Å². The van der Waals surface area contributed by atoms with Gasteiger partial charge in [0.1, 0.15) is 17.2 Å². The van der Waals surface area contributed by atoms with Gasteiger partial charge >= 0.3 is 5.97 Å². The van der Waals surface area contributed by atoms with Crippen LogP contribution in [-0.4, -0.2) is 45.3 Å². The molecule has 0 aliphatic rings. The monoisotopic (exact) mass is 333 g/mol. The number of para-hydroxylation sites is 1. The highest BCUT2D eigenvalue weighted by atomic mass is 19.1. The molecule has 0 aliphatic carbocycles. The summed E-state index contributed by atoms with van der Waals surface area (Å²) in [4.78, 5) is 36.3. The Labute approximate surface area is 137 Å². The molecular formula is C16H16FN3O4. The lowest BCUT2D eigenvalue weighted by atomic mass is 10.1. The SMILES string of the molecule is CC(CN(C)C(=O)c1ccc(=O)n(-c2ccccc2F)n1)C(=O)O. The van der Waals surface area contributed by atoms with Crippen molar-refractivity contribution in [2.45, 2.75) is 6.92 Å². The molecule has 2 aromatic rings. The van der Waals surface area contributed by atoms with Gasteiger partial charge in [-0.1, -0.05) is 19.1 Å². The summed E-state index contributed by atoms with van der Waals surface area (Å²) in [7, 11) is 1.43. The Morgan fingerprint density at radius 2 is 1.96 bits per heavy atom. The van der Waals surface area contributed by atoms with Crippen LogP contribution in [0.1, 0.15) is 17.4 Å². The molecule has 0 radical (unpaired) electrons. The van der Waals surface area contributed by atoms with Gasteiger partial charge in [-0.3, -0.25) is 14.4 Å². The molecule has 2 rings (SSSR count). The number of aliphatic carboxylic acids is 1. The fourth-order valence-corrected chi connectivity index (χ4v) is 2.09. The highest BCUT2D eigenvalue weighted by molar-refractivity contribution is 5.92. The first kappa shape index (κ1) is 17.3. The lowest BCUT2D eigenvalue weighted by molar-refractivity contribution is -0.141. The molecular weight excluding hydrogens is 317 g/mol. The summed E-state index contributed by atoms with van der Waals surface area (Å²) in [5.41, 5.74) is -0.741. The van der Waals surface area contributed by atoms with Gasteiger partial charge in [-0.05, 0) is 18.2 Å². The zero-order chi connectivity index (χ0) is 17.9. The third-order valence-electron chi connectivity index (χ3n) is 3.42. The maximum absolute atomic E-state index is 13.8. The largest absolute Gasteiger partial charge is 0.481 e. The predicted octanol–water partition coefficient (Wildman–Crippen LogP) is 1.16. The molecule has 1 heterocycles. The third-order valence-corrected chi connectivity index (χ3v) is 3.42. The van der Waals surface area contributed by atoms with Crippen LogP contribution in [0.2, 0.25) is 0 Å². The molecule has 126 valence electrons. The molecule has 1 aromatic carbocycles. The molecule has 1 amide bonds. The van der Waals surface area contributed by atoms with Crippen molar-refractivity contribution >= 4 is 11.9 Å². The smallest absolute Gasteiger partial charge is 0.308 e. The Kier molecular flexibility index (Phi) is 5.08. The highest BCUT2D eigenvalue weighted by Gasteiger charge is 2.20. The summed E-state index contributed by atoms with van der Waals surface area (Å²) in [6.45, 7) is 1.45. The Morgan fingerprint density at radius 3 is 2.58 bits per heavy atom. The molecule has 1 atom stereocenters. The molecule has 7 nitrogen and oxygen atoms in total. The zero-order valence-corrected chi connectivity index (χ0v) is 13.1. The first-order valence-electron chi connectivity index (χ1n) is 7.15. The number of halogens is 1. The molecule has 0 saturated heterocycles. The second-order valence-electron chi connectivity index (χ2n) is 5.34. The second-order valence-corrected chi connectivity index (χ2v) is 5.34. The molecule has 0 bridgehead atoms. The molecule has 1 aromatic heterocycles. The lowest BCUT2D eigenvalue weighted by Crippen LogP contribution is -2.35. The molecule has 1 unspecified atom stereocenters. The van der Waals surface area contributed by atoms with Crippen molar-refractivity contribution in [3.8, 4) is 5.69 Å². The highest BCUT2D eigenvalue weighted by Crippen LogP contribution is 2.10. The lowest BCUT2D eigenvalue weighted by Gasteiger charge is -2.19. The third kappa shape index (κ3) is 3.65. The van der Waals surface area contributed by atoms with Crippen LogP contribution in [0.3, 0.4) is 0 Å². The van der Waals surface area contributed by atoms with Gasteiger partial charge in [0.05, 0.1) is 5.92 Å². The van der Waals surface area contributed by atoms with Gasteiger partial charge in [-0.2, -0.15) is 9.78 Å². The van der Waals surface area contributed by atoms with E-state index in [2.05, 4.69) is 5.10 Å². The van der Waals surface area contributed by atoms with Crippen LogP contribution in [0.15, 0.2) is 41.2 Å². The van der Waals surface area contributed by atoms with E-state index in [1.165, 1.54) is 43.1 Å². The summed E-state index contributed by atoms with van der Waals surface area (Å²) in [5.74, 6) is -2.99. The van der Waals surface area contributed by atoms with E-state index in [1.54, 1.807) is 6.07 Å². The van der Waals surface area contributed by atoms with Gasteiger partial charge in [-0.15, -0.1) is 0 Å². The summed E-state index contributed by atoms with van der Waals surface area (Å²) < 4.78 is 14.6. The number of hydrogen-bond acceptors (Lipinski definition) is 4. The van der Waals surface area contributed by atoms with Crippen LogP contribution in [-0.2, 0) is 4.79 Å². The van der Waals surface area contributed by atoms with Crippen LogP contribution >= 0.6 is 0 Å². The van der Waals surface area contributed by atoms with E-state index in [0.717, 1.165) is 10.7 Å². The van der Waals surface area contributed by atoms with Crippen LogP contribution in [0.25, 0.3) is 5.69 Å². The fourth-order valence-electron chi connectivity index (χ4n) is 2.09. The first-order chi connectivity index (χ1) is 11.3. The van der Waals surface area contributed by atoms with Crippen LogP contribution in [0.5, 0.6) is 0 Å². The number of hydrogen-bond donors (Lipinski definition) is 1. The Morgan fingerprint density at radius 1 is 1.29 bits per heavy atom. The van der Waals surface area contributed by atoms with E-state index < -0.39 is 29.2 Å². The van der Waals surface area contributed by atoms with Gasteiger partial charge < -0.3 is 10.0 Å². The number of nitrogens with zero attached hydrogens (tertiary/aromatic N) is 3. The molecule has 0 fully saturated rings. The second kappa shape index (κ2) is 7.03. The van der Waals surface area contributed by atoms with E-state index in [0.29, 0.717) is 0 Å². The van der Waals surface area contributed by atoms with Crippen LogP contribution < -0.4 is 5.56 Å². The van der Waals surface area contributed by atoms with E-state index in [4.69, 9.17) is 5.11 Å². The van der Waals surface area contributed by atoms with Gasteiger partial charge in [0.2, 0.25) is 0 Å². The number of amides is 1. The van der Waals surface area contributed by atoms with Crippen LogP contribution in [0.4, 0.5) is 4.39 Å². The first-order valence-corrected chi connectivity index (χ1v) is 7.15. The number of rotatable bonds is 5. The van der Waals surface area contributed by atoms with E-state index in [1.807, 2.05) is 0 Å². The Hall–Kier alpha value is -3.03. The summed E-state index contributed by atoms with van der Waals surface area (Å²) in [5, 5.41) is 12.8. The summed E-state index contributed by atoms with van der Waals surface area (Å²) >= 11 is 0. The number of carbonyl (C=O) groups excluding carboxylic acids is 1. The van der Waals surface area contributed by atoms with Gasteiger partial charge in [0.15, 0.2) is 0 Å². The van der Waals surface area contributed by atoms with Crippen molar-refractivity contribution in [1.82, 2.24) is 14.7 Å². The van der Waals surface area contributed by atoms with Gasteiger partial charge in [0.25, 0.3) is 11.5 Å². The number of aromatic nitrogens is 2. The van der Waals surface area contributed by atoms with Gasteiger partial charge in [-0.25, -0.2) is 4.39 Å². The standard InChI is InChI=1S/C16H16FN3O4/c1-10(16(23)24)9-19(2)15(22)12-7-8-14(21)20(18-12)13-6-4-3-5-11(13)17/h3-8,10H,9H2,1-2H3,(H,23,24). The minimum absolute atomic E-state index is 0.0192. The zero-order valence-electron chi connectivity index (χ0n) is 13.1. The molecule has 8 heteroatoms. The Bertz CT molecular complexity index is 834. The number of carboxylic acids is 1. The van der Waals surface area contributed by atoms with Crippen LogP contribution in [0, 0.1) is 11.7 Å². The number of carboxylic acid groups (broad SMARTS) is 1. The van der Waals surface area contributed by atoms with Crippen molar-refractivity contribution in [2.24, 2.45) is 5.92 Å². The van der Waals surface area contributed by atoms with E-state index in [9.17, 15) is 18.8 Å². The van der Waals surface area contributed by atoms with Crippen molar-refractivity contribution in [3.63, 3.8) is 0 Å². The number of carbonyl (C=O) groups is 2. The average molecular weight is 333 g/mol. The predicted molar refractivity (Wildman–Crippen MR) is 83.6 cm³/mol. The quantitative estimate of drug-likeness (QED) is 0.886. The molecule has 0 aliphatic heterocycles. The minimum Gasteiger partial charge on any atom is -0.481 e. The molecule has 0 spiro atoms. The van der Waals surface area contributed by atoms with E-state index >= 15 is 0 Å². The summed E-state index contributed by atoms with van der Waals surface area (Å²) in [6, 6.07) is 7.90. The number of benzene rings is 1. The van der Waals surface area contributed by atoms with Crippen molar-refractivity contribution < 1.29 is 19.1 Å². The molecule has 1 N–H and O–H groups in total.